The van der Waals surface area contributed by atoms with E-state index in [0.717, 1.165) is 0 Å². The predicted octanol–water partition coefficient (Wildman–Crippen LogP) is 1.63. The van der Waals surface area contributed by atoms with Gasteiger partial charge in [-0.15, -0.1) is 0 Å². The molecular weight excluding hydrogens is 286 g/mol. The third-order valence-electron chi connectivity index (χ3n) is 3.65. The maximum absolute atomic E-state index is 12.3. The molecule has 0 aliphatic carbocycles. The predicted molar refractivity (Wildman–Crippen MR) is 79.7 cm³/mol. The molecule has 1 amide bonds. The molecule has 1 aliphatic heterocycles. The van der Waals surface area contributed by atoms with Crippen LogP contribution in [0.5, 0.6) is 5.75 Å². The number of carbonyl (C=O) groups is 2. The Morgan fingerprint density at radius 1 is 1.32 bits per heavy atom. The molecule has 0 saturated heterocycles. The number of aliphatic hydroxyl groups is 1. The summed E-state index contributed by atoms with van der Waals surface area (Å²) in [6, 6.07) is 6.45. The number of amides is 1. The van der Waals surface area contributed by atoms with Crippen molar-refractivity contribution in [3.63, 3.8) is 0 Å². The number of Topliss-reactive ketones (excluding diaryl/α,β-unsaturated/α-hetero) is 1. The molecule has 1 atom stereocenters. The standard InChI is InChI=1S/C16H19NO5/c1-10(18)13-14(11-6-4-5-7-12(11)22-3)17(8-9-21-2)16(20)15(13)19/h4-7,14,19H,8-9H2,1-3H3. The van der Waals surface area contributed by atoms with Gasteiger partial charge < -0.3 is 19.5 Å². The van der Waals surface area contributed by atoms with Crippen molar-refractivity contribution in [2.45, 2.75) is 13.0 Å². The van der Waals surface area contributed by atoms with Crippen LogP contribution in [0, 0.1) is 0 Å². The highest BCUT2D eigenvalue weighted by Gasteiger charge is 2.43. The molecule has 1 aliphatic rings. The molecule has 0 aromatic heterocycles. The third-order valence-corrected chi connectivity index (χ3v) is 3.65. The summed E-state index contributed by atoms with van der Waals surface area (Å²) in [5.74, 6) is -0.865. The number of nitrogens with zero attached hydrogens (tertiary/aromatic N) is 1. The molecule has 0 spiro atoms. The largest absolute Gasteiger partial charge is 0.503 e. The fourth-order valence-electron chi connectivity index (χ4n) is 2.65. The summed E-state index contributed by atoms with van der Waals surface area (Å²) in [7, 11) is 3.05. The number of methoxy groups -OCH3 is 2. The maximum atomic E-state index is 12.3. The number of ether oxygens (including phenoxy) is 2. The molecular formula is C16H19NO5. The zero-order valence-corrected chi connectivity index (χ0v) is 12.8. The van der Waals surface area contributed by atoms with Crippen LogP contribution in [0.1, 0.15) is 18.5 Å². The van der Waals surface area contributed by atoms with E-state index in [4.69, 9.17) is 9.47 Å². The second-order valence-corrected chi connectivity index (χ2v) is 4.95. The van der Waals surface area contributed by atoms with Gasteiger partial charge >= 0.3 is 0 Å². The topological polar surface area (TPSA) is 76.1 Å². The van der Waals surface area contributed by atoms with E-state index in [1.54, 1.807) is 24.3 Å². The van der Waals surface area contributed by atoms with E-state index in [9.17, 15) is 14.7 Å². The van der Waals surface area contributed by atoms with Crippen molar-refractivity contribution in [1.29, 1.82) is 0 Å². The number of para-hydroxylation sites is 1. The lowest BCUT2D eigenvalue weighted by molar-refractivity contribution is -0.130. The van der Waals surface area contributed by atoms with Crippen molar-refractivity contribution in [1.82, 2.24) is 4.90 Å². The van der Waals surface area contributed by atoms with E-state index < -0.39 is 17.7 Å². The Morgan fingerprint density at radius 2 is 2.00 bits per heavy atom. The number of rotatable bonds is 6. The van der Waals surface area contributed by atoms with Crippen LogP contribution in [0.3, 0.4) is 0 Å². The van der Waals surface area contributed by atoms with Crippen molar-refractivity contribution in [2.75, 3.05) is 27.4 Å². The zero-order chi connectivity index (χ0) is 16.3. The summed E-state index contributed by atoms with van der Waals surface area (Å²) in [4.78, 5) is 25.6. The van der Waals surface area contributed by atoms with Crippen LogP contribution >= 0.6 is 0 Å². The SMILES string of the molecule is COCCN1C(=O)C(O)=C(C(C)=O)C1c1ccccc1OC. The molecule has 22 heavy (non-hydrogen) atoms. The fourth-order valence-corrected chi connectivity index (χ4v) is 2.65. The second-order valence-electron chi connectivity index (χ2n) is 4.95. The average Bonchev–Trinajstić information content (AvgIpc) is 2.77. The molecule has 2 rings (SSSR count). The van der Waals surface area contributed by atoms with Crippen molar-refractivity contribution < 1.29 is 24.2 Å². The number of aliphatic hydroxyl groups excluding tert-OH is 1. The van der Waals surface area contributed by atoms with E-state index >= 15 is 0 Å². The number of ketones is 1. The summed E-state index contributed by atoms with van der Waals surface area (Å²) < 4.78 is 10.3. The Hall–Kier alpha value is -2.34. The minimum Gasteiger partial charge on any atom is -0.503 e. The Balaban J connectivity index is 2.54. The molecule has 1 unspecified atom stereocenters. The summed E-state index contributed by atoms with van der Waals surface area (Å²) in [5, 5.41) is 10.1. The van der Waals surface area contributed by atoms with Crippen molar-refractivity contribution >= 4 is 11.7 Å². The number of benzene rings is 1. The van der Waals surface area contributed by atoms with Crippen LogP contribution in [-0.2, 0) is 14.3 Å². The zero-order valence-electron chi connectivity index (χ0n) is 12.8. The van der Waals surface area contributed by atoms with Gasteiger partial charge in [-0.1, -0.05) is 18.2 Å². The van der Waals surface area contributed by atoms with Crippen molar-refractivity contribution in [3.8, 4) is 5.75 Å². The molecule has 6 heteroatoms. The first-order valence-corrected chi connectivity index (χ1v) is 6.89. The van der Waals surface area contributed by atoms with Gasteiger partial charge in [-0.25, -0.2) is 0 Å². The number of hydrogen-bond donors (Lipinski definition) is 1. The Labute approximate surface area is 128 Å². The molecule has 0 saturated carbocycles. The average molecular weight is 305 g/mol. The molecule has 1 aromatic carbocycles. The maximum Gasteiger partial charge on any atom is 0.290 e. The summed E-state index contributed by atoms with van der Waals surface area (Å²) >= 11 is 0. The van der Waals surface area contributed by atoms with Crippen LogP contribution in [0.25, 0.3) is 0 Å². The van der Waals surface area contributed by atoms with Gasteiger partial charge in [0.25, 0.3) is 5.91 Å². The summed E-state index contributed by atoms with van der Waals surface area (Å²) in [6.07, 6.45) is 0. The van der Waals surface area contributed by atoms with Gasteiger partial charge in [0, 0.05) is 19.2 Å². The highest BCUT2D eigenvalue weighted by Crippen LogP contribution is 2.40. The van der Waals surface area contributed by atoms with Crippen LogP contribution in [0.2, 0.25) is 0 Å². The van der Waals surface area contributed by atoms with Crippen LogP contribution in [-0.4, -0.2) is 49.1 Å². The minimum atomic E-state index is -0.670. The van der Waals surface area contributed by atoms with E-state index in [1.165, 1.54) is 26.0 Å². The molecule has 1 aromatic rings. The molecule has 118 valence electrons. The second kappa shape index (κ2) is 6.62. The monoisotopic (exact) mass is 305 g/mol. The van der Waals surface area contributed by atoms with Crippen LogP contribution < -0.4 is 4.74 Å². The molecule has 0 radical (unpaired) electrons. The minimum absolute atomic E-state index is 0.0885. The highest BCUT2D eigenvalue weighted by atomic mass is 16.5. The lowest BCUT2D eigenvalue weighted by Crippen LogP contribution is -2.34. The molecule has 1 N–H and O–H groups in total. The molecule has 6 nitrogen and oxygen atoms in total. The molecule has 0 bridgehead atoms. The number of carbonyl (C=O) groups excluding carboxylic acids is 2. The summed E-state index contributed by atoms with van der Waals surface area (Å²) in [6.45, 7) is 1.90. The quantitative estimate of drug-likeness (QED) is 0.864. The normalized spacial score (nSPS) is 18.0. The van der Waals surface area contributed by atoms with E-state index in [1.807, 2.05) is 0 Å². The number of hydrogen-bond acceptors (Lipinski definition) is 5. The lowest BCUT2D eigenvalue weighted by Gasteiger charge is -2.27. The van der Waals surface area contributed by atoms with Crippen LogP contribution in [0.15, 0.2) is 35.6 Å². The van der Waals surface area contributed by atoms with Gasteiger partial charge in [0.05, 0.1) is 25.3 Å². The van der Waals surface area contributed by atoms with E-state index in [0.29, 0.717) is 17.9 Å². The Morgan fingerprint density at radius 3 is 2.59 bits per heavy atom. The lowest BCUT2D eigenvalue weighted by atomic mass is 9.96. The van der Waals surface area contributed by atoms with Gasteiger partial charge in [-0.05, 0) is 13.0 Å². The summed E-state index contributed by atoms with van der Waals surface area (Å²) in [5.41, 5.74) is 0.745. The highest BCUT2D eigenvalue weighted by molar-refractivity contribution is 6.08. The first-order chi connectivity index (χ1) is 10.5. The Kier molecular flexibility index (Phi) is 4.82. The van der Waals surface area contributed by atoms with Gasteiger partial charge in [0.2, 0.25) is 0 Å². The first-order valence-electron chi connectivity index (χ1n) is 6.89. The molecule has 1 heterocycles. The smallest absolute Gasteiger partial charge is 0.290 e. The van der Waals surface area contributed by atoms with E-state index in [-0.39, 0.29) is 17.9 Å². The van der Waals surface area contributed by atoms with Crippen molar-refractivity contribution in [2.24, 2.45) is 0 Å². The third kappa shape index (κ3) is 2.69. The van der Waals surface area contributed by atoms with Crippen molar-refractivity contribution in [3.05, 3.63) is 41.2 Å². The first kappa shape index (κ1) is 16.0. The van der Waals surface area contributed by atoms with Gasteiger partial charge in [-0.2, -0.15) is 0 Å². The fraction of sp³-hybridized carbons (Fsp3) is 0.375. The van der Waals surface area contributed by atoms with E-state index in [2.05, 4.69) is 0 Å². The molecule has 0 fully saturated rings. The van der Waals surface area contributed by atoms with Gasteiger partial charge in [-0.3, -0.25) is 9.59 Å². The van der Waals surface area contributed by atoms with Gasteiger partial charge in [0.1, 0.15) is 5.75 Å². The Bertz CT molecular complexity index is 623. The van der Waals surface area contributed by atoms with Crippen LogP contribution in [0.4, 0.5) is 0 Å². The van der Waals surface area contributed by atoms with Gasteiger partial charge in [0.15, 0.2) is 11.5 Å².